The van der Waals surface area contributed by atoms with Crippen LogP contribution in [-0.4, -0.2) is 41.6 Å². The highest BCUT2D eigenvalue weighted by Gasteiger charge is 2.39. The van der Waals surface area contributed by atoms with Gasteiger partial charge in [0.2, 0.25) is 5.91 Å². The van der Waals surface area contributed by atoms with E-state index in [1.54, 1.807) is 7.11 Å². The van der Waals surface area contributed by atoms with Gasteiger partial charge in [0.25, 0.3) is 0 Å². The van der Waals surface area contributed by atoms with Gasteiger partial charge in [0.05, 0.1) is 7.11 Å². The van der Waals surface area contributed by atoms with Crippen molar-refractivity contribution < 1.29 is 19.4 Å². The van der Waals surface area contributed by atoms with Crippen LogP contribution < -0.4 is 4.74 Å². The Morgan fingerprint density at radius 1 is 1.38 bits per heavy atom. The molecule has 2 unspecified atom stereocenters. The standard InChI is InChI=1S/C16H21NO4/c1-11-9-10-17(15(11)16(19)20)14(18)8-7-12-5-3-4-6-13(12)21-2/h3-6,11,15H,7-10H2,1-2H3,(H,19,20). The Morgan fingerprint density at radius 2 is 2.10 bits per heavy atom. The zero-order valence-electron chi connectivity index (χ0n) is 12.4. The highest BCUT2D eigenvalue weighted by molar-refractivity contribution is 5.84. The van der Waals surface area contributed by atoms with Crippen LogP contribution in [0.15, 0.2) is 24.3 Å². The molecule has 114 valence electrons. The lowest BCUT2D eigenvalue weighted by molar-refractivity contribution is -0.149. The van der Waals surface area contributed by atoms with E-state index in [-0.39, 0.29) is 11.8 Å². The first-order valence-electron chi connectivity index (χ1n) is 7.18. The fraction of sp³-hybridized carbons (Fsp3) is 0.500. The molecule has 1 aromatic carbocycles. The van der Waals surface area contributed by atoms with Crippen molar-refractivity contribution in [3.63, 3.8) is 0 Å². The lowest BCUT2D eigenvalue weighted by atomic mass is 10.0. The summed E-state index contributed by atoms with van der Waals surface area (Å²) in [7, 11) is 1.60. The van der Waals surface area contributed by atoms with Crippen LogP contribution in [0, 0.1) is 5.92 Å². The second kappa shape index (κ2) is 6.61. The second-order valence-corrected chi connectivity index (χ2v) is 5.45. The molecule has 1 saturated heterocycles. The van der Waals surface area contributed by atoms with E-state index in [4.69, 9.17) is 4.74 Å². The molecule has 2 atom stereocenters. The molecule has 1 aliphatic rings. The molecule has 0 aliphatic carbocycles. The van der Waals surface area contributed by atoms with E-state index in [0.29, 0.717) is 19.4 Å². The van der Waals surface area contributed by atoms with Gasteiger partial charge in [-0.25, -0.2) is 4.79 Å². The topological polar surface area (TPSA) is 66.8 Å². The van der Waals surface area contributed by atoms with E-state index in [0.717, 1.165) is 17.7 Å². The Kier molecular flexibility index (Phi) is 4.83. The number of benzene rings is 1. The molecule has 5 nitrogen and oxygen atoms in total. The van der Waals surface area contributed by atoms with Gasteiger partial charge < -0.3 is 14.7 Å². The molecule has 0 saturated carbocycles. The Morgan fingerprint density at radius 3 is 2.76 bits per heavy atom. The summed E-state index contributed by atoms with van der Waals surface area (Å²) in [5.41, 5.74) is 0.965. The number of likely N-dealkylation sites (tertiary alicyclic amines) is 1. The smallest absolute Gasteiger partial charge is 0.326 e. The average Bonchev–Trinajstić information content (AvgIpc) is 2.87. The van der Waals surface area contributed by atoms with Crippen molar-refractivity contribution in [1.82, 2.24) is 4.90 Å². The van der Waals surface area contributed by atoms with Crippen molar-refractivity contribution in [3.8, 4) is 5.75 Å². The van der Waals surface area contributed by atoms with Crippen LogP contribution in [0.4, 0.5) is 0 Å². The fourth-order valence-electron chi connectivity index (χ4n) is 2.90. The van der Waals surface area contributed by atoms with Crippen LogP contribution in [0.5, 0.6) is 5.75 Å². The van der Waals surface area contributed by atoms with Crippen molar-refractivity contribution in [2.24, 2.45) is 5.92 Å². The summed E-state index contributed by atoms with van der Waals surface area (Å²) >= 11 is 0. The van der Waals surface area contributed by atoms with Crippen LogP contribution in [0.3, 0.4) is 0 Å². The number of hydrogen-bond donors (Lipinski definition) is 1. The van der Waals surface area contributed by atoms with Crippen LogP contribution >= 0.6 is 0 Å². The predicted octanol–water partition coefficient (Wildman–Crippen LogP) is 1.95. The van der Waals surface area contributed by atoms with Crippen LogP contribution in [0.2, 0.25) is 0 Å². The summed E-state index contributed by atoms with van der Waals surface area (Å²) in [6.07, 6.45) is 1.61. The zero-order valence-corrected chi connectivity index (χ0v) is 12.4. The first-order valence-corrected chi connectivity index (χ1v) is 7.18. The molecule has 0 bridgehead atoms. The second-order valence-electron chi connectivity index (χ2n) is 5.45. The average molecular weight is 291 g/mol. The van der Waals surface area contributed by atoms with E-state index in [1.807, 2.05) is 31.2 Å². The minimum absolute atomic E-state index is 0.0118. The molecule has 0 radical (unpaired) electrons. The number of amides is 1. The van der Waals surface area contributed by atoms with Crippen molar-refractivity contribution in [1.29, 1.82) is 0 Å². The van der Waals surface area contributed by atoms with Gasteiger partial charge in [-0.2, -0.15) is 0 Å². The number of methoxy groups -OCH3 is 1. The molecule has 1 aliphatic heterocycles. The van der Waals surface area contributed by atoms with Gasteiger partial charge in [-0.15, -0.1) is 0 Å². The van der Waals surface area contributed by atoms with Gasteiger partial charge in [0.15, 0.2) is 0 Å². The van der Waals surface area contributed by atoms with E-state index >= 15 is 0 Å². The number of aliphatic carboxylic acids is 1. The molecule has 0 aromatic heterocycles. The molecular formula is C16H21NO4. The van der Waals surface area contributed by atoms with Crippen molar-refractivity contribution >= 4 is 11.9 Å². The fourth-order valence-corrected chi connectivity index (χ4v) is 2.90. The summed E-state index contributed by atoms with van der Waals surface area (Å²) in [5, 5.41) is 9.26. The lowest BCUT2D eigenvalue weighted by Gasteiger charge is -2.23. The molecule has 1 aromatic rings. The maximum Gasteiger partial charge on any atom is 0.326 e. The van der Waals surface area contributed by atoms with Gasteiger partial charge in [0.1, 0.15) is 11.8 Å². The molecule has 1 heterocycles. The number of aryl methyl sites for hydroxylation is 1. The number of carboxylic acid groups (broad SMARTS) is 1. The molecule has 5 heteroatoms. The molecule has 1 fully saturated rings. The van der Waals surface area contributed by atoms with E-state index in [2.05, 4.69) is 0 Å². The van der Waals surface area contributed by atoms with Crippen molar-refractivity contribution in [2.45, 2.75) is 32.2 Å². The number of rotatable bonds is 5. The third kappa shape index (κ3) is 3.35. The zero-order chi connectivity index (χ0) is 15.4. The lowest BCUT2D eigenvalue weighted by Crippen LogP contribution is -2.42. The normalized spacial score (nSPS) is 21.3. The van der Waals surface area contributed by atoms with E-state index in [1.165, 1.54) is 4.90 Å². The summed E-state index contributed by atoms with van der Waals surface area (Å²) in [6.45, 7) is 2.41. The first kappa shape index (κ1) is 15.4. The monoisotopic (exact) mass is 291 g/mol. The number of para-hydroxylation sites is 1. The SMILES string of the molecule is COc1ccccc1CCC(=O)N1CCC(C)C1C(=O)O. The molecular weight excluding hydrogens is 270 g/mol. The maximum absolute atomic E-state index is 12.3. The van der Waals surface area contributed by atoms with E-state index in [9.17, 15) is 14.7 Å². The van der Waals surface area contributed by atoms with Crippen LogP contribution in [0.1, 0.15) is 25.3 Å². The van der Waals surface area contributed by atoms with Gasteiger partial charge in [-0.1, -0.05) is 25.1 Å². The quantitative estimate of drug-likeness (QED) is 0.900. The summed E-state index contributed by atoms with van der Waals surface area (Å²) in [4.78, 5) is 25.1. The Labute approximate surface area is 124 Å². The summed E-state index contributed by atoms with van der Waals surface area (Å²) < 4.78 is 5.26. The Hall–Kier alpha value is -2.04. The largest absolute Gasteiger partial charge is 0.496 e. The molecule has 21 heavy (non-hydrogen) atoms. The van der Waals surface area contributed by atoms with Gasteiger partial charge in [0, 0.05) is 13.0 Å². The molecule has 2 rings (SSSR count). The summed E-state index contributed by atoms with van der Waals surface area (Å²) in [6, 6.07) is 6.88. The maximum atomic E-state index is 12.3. The van der Waals surface area contributed by atoms with Crippen LogP contribution in [0.25, 0.3) is 0 Å². The number of carboxylic acids is 1. The van der Waals surface area contributed by atoms with Crippen molar-refractivity contribution in [3.05, 3.63) is 29.8 Å². The minimum atomic E-state index is -0.911. The van der Waals surface area contributed by atoms with Gasteiger partial charge >= 0.3 is 5.97 Å². The molecule has 0 spiro atoms. The van der Waals surface area contributed by atoms with Gasteiger partial charge in [-0.05, 0) is 30.4 Å². The molecule has 1 N–H and O–H groups in total. The number of nitrogens with zero attached hydrogens (tertiary/aromatic N) is 1. The Bertz CT molecular complexity index is 529. The van der Waals surface area contributed by atoms with E-state index < -0.39 is 12.0 Å². The highest BCUT2D eigenvalue weighted by Crippen LogP contribution is 2.26. The molecule has 1 amide bonds. The minimum Gasteiger partial charge on any atom is -0.496 e. The number of carbonyl (C=O) groups excluding carboxylic acids is 1. The predicted molar refractivity (Wildman–Crippen MR) is 78.2 cm³/mol. The summed E-state index contributed by atoms with van der Waals surface area (Å²) in [5.74, 6) is -0.240. The highest BCUT2D eigenvalue weighted by atomic mass is 16.5. The first-order chi connectivity index (χ1) is 10.0. The third-order valence-corrected chi connectivity index (χ3v) is 4.07. The number of hydrogen-bond acceptors (Lipinski definition) is 3. The number of carbonyl (C=O) groups is 2. The Balaban J connectivity index is 2.00. The third-order valence-electron chi connectivity index (χ3n) is 4.07. The van der Waals surface area contributed by atoms with Gasteiger partial charge in [-0.3, -0.25) is 4.79 Å². The number of ether oxygens (including phenoxy) is 1. The van der Waals surface area contributed by atoms with Crippen LogP contribution in [-0.2, 0) is 16.0 Å². The van der Waals surface area contributed by atoms with Crippen molar-refractivity contribution in [2.75, 3.05) is 13.7 Å².